The highest BCUT2D eigenvalue weighted by Gasteiger charge is 1.96. The van der Waals surface area contributed by atoms with Crippen molar-refractivity contribution in [3.05, 3.63) is 22.7 Å². The molecule has 0 fully saturated rings. The van der Waals surface area contributed by atoms with Crippen LogP contribution in [0.3, 0.4) is 0 Å². The molecule has 1 aromatic heterocycles. The molecule has 0 spiro atoms. The van der Waals surface area contributed by atoms with Gasteiger partial charge in [-0.3, -0.25) is 0 Å². The van der Waals surface area contributed by atoms with Gasteiger partial charge >= 0.3 is 0 Å². The summed E-state index contributed by atoms with van der Waals surface area (Å²) in [7, 11) is 0. The largest absolute Gasteiger partial charge is 0.371 e. The van der Waals surface area contributed by atoms with E-state index in [0.717, 1.165) is 5.82 Å². The Bertz CT molecular complexity index is 295. The Hall–Kier alpha value is -0.740. The molecule has 0 aliphatic heterocycles. The molecule has 0 aromatic carbocycles. The minimum Gasteiger partial charge on any atom is -0.371 e. The van der Waals surface area contributed by atoms with Crippen molar-refractivity contribution in [2.75, 3.05) is 0 Å². The number of rotatable bonds is 3. The van der Waals surface area contributed by atoms with Gasteiger partial charge in [-0.2, -0.15) is 0 Å². The Kier molecular flexibility index (Phi) is 3.37. The molecule has 0 bridgehead atoms. The average Bonchev–Trinajstić information content (AvgIpc) is 2.01. The summed E-state index contributed by atoms with van der Waals surface area (Å²) in [6.07, 6.45) is 1.90. The third kappa shape index (κ3) is 3.11. The van der Waals surface area contributed by atoms with Crippen LogP contribution in [0, 0.1) is 4.64 Å². The van der Waals surface area contributed by atoms with Crippen LogP contribution in [0.5, 0.6) is 0 Å². The summed E-state index contributed by atoms with van der Waals surface area (Å²) in [5.74, 6) is 0.774. The second-order valence-electron chi connectivity index (χ2n) is 2.74. The maximum atomic E-state index is 5.34. The smallest absolute Gasteiger partial charge is 0.133 e. The number of aromatic nitrogens is 2. The summed E-state index contributed by atoms with van der Waals surface area (Å²) in [5.41, 5.74) is 0. The Morgan fingerprint density at radius 2 is 2.42 bits per heavy atom. The molecular formula is C8H12N2OS. The van der Waals surface area contributed by atoms with Gasteiger partial charge < -0.3 is 9.72 Å². The van der Waals surface area contributed by atoms with Crippen LogP contribution in [0.1, 0.15) is 19.7 Å². The zero-order valence-electron chi connectivity index (χ0n) is 7.20. The van der Waals surface area contributed by atoms with E-state index in [2.05, 4.69) is 9.97 Å². The molecule has 1 heterocycles. The summed E-state index contributed by atoms with van der Waals surface area (Å²) in [6.45, 7) is 4.46. The zero-order valence-corrected chi connectivity index (χ0v) is 8.02. The molecule has 12 heavy (non-hydrogen) atoms. The van der Waals surface area contributed by atoms with E-state index >= 15 is 0 Å². The predicted molar refractivity (Wildman–Crippen MR) is 49.3 cm³/mol. The standard InChI is InChI=1S/C8H12N2OS/c1-6(2)11-5-7-9-4-3-8(12)10-7/h3-4,6H,5H2,1-2H3,(H,9,10,12). The maximum absolute atomic E-state index is 5.34. The van der Waals surface area contributed by atoms with Gasteiger partial charge in [-0.05, 0) is 19.9 Å². The molecule has 3 nitrogen and oxygen atoms in total. The van der Waals surface area contributed by atoms with Crippen LogP contribution in [0.25, 0.3) is 0 Å². The predicted octanol–water partition coefficient (Wildman–Crippen LogP) is 2.06. The number of hydrogen-bond acceptors (Lipinski definition) is 3. The summed E-state index contributed by atoms with van der Waals surface area (Å²) in [5, 5.41) is 0. The van der Waals surface area contributed by atoms with E-state index in [4.69, 9.17) is 17.0 Å². The van der Waals surface area contributed by atoms with Crippen molar-refractivity contribution in [1.82, 2.24) is 9.97 Å². The van der Waals surface area contributed by atoms with Crippen molar-refractivity contribution in [2.24, 2.45) is 0 Å². The number of ether oxygens (including phenoxy) is 1. The lowest BCUT2D eigenvalue weighted by Gasteiger charge is -2.05. The van der Waals surface area contributed by atoms with Gasteiger partial charge in [0.1, 0.15) is 17.1 Å². The number of nitrogens with zero attached hydrogens (tertiary/aromatic N) is 1. The normalized spacial score (nSPS) is 10.6. The monoisotopic (exact) mass is 184 g/mol. The maximum Gasteiger partial charge on any atom is 0.133 e. The first-order chi connectivity index (χ1) is 5.68. The van der Waals surface area contributed by atoms with Crippen molar-refractivity contribution in [3.8, 4) is 0 Å². The second-order valence-corrected chi connectivity index (χ2v) is 3.18. The number of aromatic amines is 1. The summed E-state index contributed by atoms with van der Waals surface area (Å²) in [4.78, 5) is 7.01. The Morgan fingerprint density at radius 1 is 1.67 bits per heavy atom. The molecule has 1 N–H and O–H groups in total. The van der Waals surface area contributed by atoms with Crippen molar-refractivity contribution < 1.29 is 4.74 Å². The van der Waals surface area contributed by atoms with Crippen molar-refractivity contribution >= 4 is 12.2 Å². The molecule has 0 saturated heterocycles. The van der Waals surface area contributed by atoms with Crippen LogP contribution < -0.4 is 0 Å². The van der Waals surface area contributed by atoms with Gasteiger partial charge in [0.25, 0.3) is 0 Å². The van der Waals surface area contributed by atoms with Gasteiger partial charge in [0.2, 0.25) is 0 Å². The highest BCUT2D eigenvalue weighted by molar-refractivity contribution is 7.71. The number of hydrogen-bond donors (Lipinski definition) is 1. The quantitative estimate of drug-likeness (QED) is 0.731. The van der Waals surface area contributed by atoms with Gasteiger partial charge in [-0.25, -0.2) is 4.98 Å². The first kappa shape index (κ1) is 9.35. The molecule has 0 radical (unpaired) electrons. The molecule has 0 aliphatic rings. The van der Waals surface area contributed by atoms with Gasteiger partial charge in [0.15, 0.2) is 0 Å². The second kappa shape index (κ2) is 4.33. The highest BCUT2D eigenvalue weighted by atomic mass is 32.1. The summed E-state index contributed by atoms with van der Waals surface area (Å²) >= 11 is 4.93. The van der Waals surface area contributed by atoms with Crippen molar-refractivity contribution in [3.63, 3.8) is 0 Å². The topological polar surface area (TPSA) is 37.9 Å². The van der Waals surface area contributed by atoms with E-state index in [1.54, 1.807) is 12.3 Å². The third-order valence-electron chi connectivity index (χ3n) is 1.28. The minimum atomic E-state index is 0.217. The molecule has 4 heteroatoms. The fraction of sp³-hybridized carbons (Fsp3) is 0.500. The minimum absolute atomic E-state index is 0.217. The van der Waals surface area contributed by atoms with Gasteiger partial charge in [-0.1, -0.05) is 12.2 Å². The average molecular weight is 184 g/mol. The molecule has 66 valence electrons. The zero-order chi connectivity index (χ0) is 8.97. The van der Waals surface area contributed by atoms with E-state index in [1.807, 2.05) is 13.8 Å². The molecular weight excluding hydrogens is 172 g/mol. The molecule has 0 unspecified atom stereocenters. The van der Waals surface area contributed by atoms with Gasteiger partial charge in [-0.15, -0.1) is 0 Å². The summed E-state index contributed by atoms with van der Waals surface area (Å²) in [6, 6.07) is 1.74. The van der Waals surface area contributed by atoms with E-state index in [-0.39, 0.29) is 6.10 Å². The van der Waals surface area contributed by atoms with Crippen LogP contribution in [0.15, 0.2) is 12.3 Å². The molecule has 1 rings (SSSR count). The molecule has 0 amide bonds. The number of nitrogens with one attached hydrogen (secondary N) is 1. The Balaban J connectivity index is 2.58. The Labute approximate surface area is 76.8 Å². The van der Waals surface area contributed by atoms with E-state index in [0.29, 0.717) is 11.2 Å². The van der Waals surface area contributed by atoms with E-state index in [9.17, 15) is 0 Å². The van der Waals surface area contributed by atoms with Crippen LogP contribution in [0.2, 0.25) is 0 Å². The van der Waals surface area contributed by atoms with Crippen molar-refractivity contribution in [1.29, 1.82) is 0 Å². The molecule has 0 saturated carbocycles. The highest BCUT2D eigenvalue weighted by Crippen LogP contribution is 1.96. The van der Waals surface area contributed by atoms with E-state index < -0.39 is 0 Å². The van der Waals surface area contributed by atoms with Gasteiger partial charge in [0, 0.05) is 6.20 Å². The van der Waals surface area contributed by atoms with Crippen LogP contribution >= 0.6 is 12.2 Å². The third-order valence-corrected chi connectivity index (χ3v) is 1.52. The SMILES string of the molecule is CC(C)OCc1nccc(=S)[nH]1. The fourth-order valence-electron chi connectivity index (χ4n) is 0.730. The van der Waals surface area contributed by atoms with Crippen molar-refractivity contribution in [2.45, 2.75) is 26.6 Å². The lowest BCUT2D eigenvalue weighted by Crippen LogP contribution is -2.05. The molecule has 0 atom stereocenters. The molecule has 1 aromatic rings. The van der Waals surface area contributed by atoms with Crippen LogP contribution in [-0.2, 0) is 11.3 Å². The number of H-pyrrole nitrogens is 1. The molecule has 0 aliphatic carbocycles. The van der Waals surface area contributed by atoms with E-state index in [1.165, 1.54) is 0 Å². The first-order valence-electron chi connectivity index (χ1n) is 3.84. The lowest BCUT2D eigenvalue weighted by molar-refractivity contribution is 0.0612. The van der Waals surface area contributed by atoms with Gasteiger partial charge in [0.05, 0.1) is 6.10 Å². The van der Waals surface area contributed by atoms with Crippen LogP contribution in [0.4, 0.5) is 0 Å². The lowest BCUT2D eigenvalue weighted by atomic mass is 10.5. The first-order valence-corrected chi connectivity index (χ1v) is 4.25. The fourth-order valence-corrected chi connectivity index (χ4v) is 0.909. The summed E-state index contributed by atoms with van der Waals surface area (Å²) < 4.78 is 6.03. The van der Waals surface area contributed by atoms with Crippen LogP contribution in [-0.4, -0.2) is 16.1 Å². The Morgan fingerprint density at radius 3 is 3.00 bits per heavy atom.